The first-order chi connectivity index (χ1) is 4.33. The summed E-state index contributed by atoms with van der Waals surface area (Å²) in [6, 6.07) is 3.60. The monoisotopic (exact) mass is 254 g/mol. The van der Waals surface area contributed by atoms with Gasteiger partial charge in [-0.2, -0.15) is 5.10 Å². The van der Waals surface area contributed by atoms with E-state index in [1.54, 1.807) is 6.07 Å². The van der Waals surface area contributed by atoms with Gasteiger partial charge in [0.1, 0.15) is 0 Å². The van der Waals surface area contributed by atoms with E-state index in [-0.39, 0.29) is 0 Å². The number of rotatable bonds is 1. The van der Waals surface area contributed by atoms with E-state index < -0.39 is 0 Å². The molecule has 0 amide bonds. The minimum absolute atomic E-state index is 0.448. The number of hydrogen-bond donors (Lipinski definition) is 0. The van der Waals surface area contributed by atoms with Crippen molar-refractivity contribution in [3.63, 3.8) is 0 Å². The molecule has 0 radical (unpaired) electrons. The van der Waals surface area contributed by atoms with Crippen molar-refractivity contribution in [2.45, 2.75) is 4.43 Å². The molecule has 0 spiro atoms. The maximum atomic E-state index is 5.49. The molecule has 0 atom stereocenters. The van der Waals surface area contributed by atoms with Crippen LogP contribution in [0.25, 0.3) is 0 Å². The normalized spacial score (nSPS) is 9.56. The molecule has 0 aliphatic heterocycles. The third-order valence-electron chi connectivity index (χ3n) is 0.824. The molecule has 2 nitrogen and oxygen atoms in total. The average Bonchev–Trinajstić information content (AvgIpc) is 1.90. The van der Waals surface area contributed by atoms with Gasteiger partial charge < -0.3 is 0 Å². The Kier molecular flexibility index (Phi) is 2.65. The van der Waals surface area contributed by atoms with E-state index in [1.807, 2.05) is 6.07 Å². The molecule has 0 bridgehead atoms. The molecule has 0 fully saturated rings. The summed E-state index contributed by atoms with van der Waals surface area (Å²) in [7, 11) is 0. The van der Waals surface area contributed by atoms with Crippen LogP contribution < -0.4 is 0 Å². The van der Waals surface area contributed by atoms with Gasteiger partial charge in [0.2, 0.25) is 0 Å². The van der Waals surface area contributed by atoms with Gasteiger partial charge in [-0.15, -0.1) is 5.10 Å². The van der Waals surface area contributed by atoms with Crippen molar-refractivity contribution < 1.29 is 0 Å². The fourth-order valence-electron chi connectivity index (χ4n) is 0.415. The summed E-state index contributed by atoms with van der Waals surface area (Å²) < 4.78 is 0.877. The molecule has 1 rings (SSSR count). The minimum Gasteiger partial charge on any atom is -0.153 e. The predicted molar refractivity (Wildman–Crippen MR) is 44.8 cm³/mol. The summed E-state index contributed by atoms with van der Waals surface area (Å²) >= 11 is 7.71. The molecule has 0 saturated heterocycles. The van der Waals surface area contributed by atoms with Crippen LogP contribution in [0.5, 0.6) is 0 Å². The zero-order valence-electron chi connectivity index (χ0n) is 4.51. The number of hydrogen-bond acceptors (Lipinski definition) is 2. The Labute approximate surface area is 71.8 Å². The lowest BCUT2D eigenvalue weighted by molar-refractivity contribution is 0.978. The molecule has 1 aromatic heterocycles. The van der Waals surface area contributed by atoms with Crippen molar-refractivity contribution in [1.82, 2.24) is 10.2 Å². The number of nitrogens with zero attached hydrogens (tertiary/aromatic N) is 2. The van der Waals surface area contributed by atoms with E-state index in [0.717, 1.165) is 10.1 Å². The molecule has 0 aliphatic carbocycles. The summed E-state index contributed by atoms with van der Waals surface area (Å²) in [6.07, 6.45) is 0. The topological polar surface area (TPSA) is 25.8 Å². The molecule has 0 aliphatic rings. The number of alkyl halides is 1. The molecule has 48 valence electrons. The van der Waals surface area contributed by atoms with E-state index in [1.165, 1.54) is 0 Å². The van der Waals surface area contributed by atoms with Crippen molar-refractivity contribution in [3.05, 3.63) is 23.0 Å². The Balaban J connectivity index is 2.88. The fourth-order valence-corrected chi connectivity index (χ4v) is 0.922. The number of halogens is 2. The molecule has 1 heterocycles. The second kappa shape index (κ2) is 3.31. The summed E-state index contributed by atoms with van der Waals surface area (Å²) in [6.45, 7) is 0. The first kappa shape index (κ1) is 7.21. The molecule has 0 aromatic carbocycles. The van der Waals surface area contributed by atoms with E-state index in [2.05, 4.69) is 32.8 Å². The van der Waals surface area contributed by atoms with Crippen molar-refractivity contribution in [3.8, 4) is 0 Å². The maximum absolute atomic E-state index is 5.49. The Morgan fingerprint density at radius 3 is 2.67 bits per heavy atom. The molecular formula is C5H4ClIN2. The highest BCUT2D eigenvalue weighted by Crippen LogP contribution is 2.04. The fraction of sp³-hybridized carbons (Fsp3) is 0.200. The van der Waals surface area contributed by atoms with Crippen molar-refractivity contribution >= 4 is 34.2 Å². The first-order valence-electron chi connectivity index (χ1n) is 2.37. The lowest BCUT2D eigenvalue weighted by Gasteiger charge is -1.89. The molecular weight excluding hydrogens is 250 g/mol. The van der Waals surface area contributed by atoms with E-state index in [4.69, 9.17) is 11.6 Å². The summed E-state index contributed by atoms with van der Waals surface area (Å²) in [5.41, 5.74) is 0.958. The van der Waals surface area contributed by atoms with Gasteiger partial charge >= 0.3 is 0 Å². The van der Waals surface area contributed by atoms with Gasteiger partial charge in [0.25, 0.3) is 0 Å². The van der Waals surface area contributed by atoms with E-state index in [9.17, 15) is 0 Å². The third-order valence-corrected chi connectivity index (χ3v) is 1.81. The van der Waals surface area contributed by atoms with Crippen LogP contribution in [-0.2, 0) is 4.43 Å². The SMILES string of the molecule is Clc1ccc(CI)nn1. The summed E-state index contributed by atoms with van der Waals surface area (Å²) in [4.78, 5) is 0. The van der Waals surface area contributed by atoms with Gasteiger partial charge in [-0.3, -0.25) is 0 Å². The first-order valence-corrected chi connectivity index (χ1v) is 4.27. The molecule has 4 heteroatoms. The molecule has 0 N–H and O–H groups in total. The third kappa shape index (κ3) is 2.06. The standard InChI is InChI=1S/C5H4ClIN2/c6-5-2-1-4(3-7)8-9-5/h1-2H,3H2. The lowest BCUT2D eigenvalue weighted by Crippen LogP contribution is -1.86. The van der Waals surface area contributed by atoms with Gasteiger partial charge in [0.15, 0.2) is 5.15 Å². The van der Waals surface area contributed by atoms with Crippen LogP contribution in [0.2, 0.25) is 5.15 Å². The maximum Gasteiger partial charge on any atom is 0.151 e. The molecule has 0 saturated carbocycles. The van der Waals surface area contributed by atoms with Crippen LogP contribution in [0.15, 0.2) is 12.1 Å². The van der Waals surface area contributed by atoms with Crippen LogP contribution in [0.1, 0.15) is 5.69 Å². The van der Waals surface area contributed by atoms with Crippen LogP contribution in [0, 0.1) is 0 Å². The van der Waals surface area contributed by atoms with Gasteiger partial charge in [-0.25, -0.2) is 0 Å². The summed E-state index contributed by atoms with van der Waals surface area (Å²) in [5, 5.41) is 7.92. The number of aromatic nitrogens is 2. The van der Waals surface area contributed by atoms with Crippen LogP contribution >= 0.6 is 34.2 Å². The minimum atomic E-state index is 0.448. The van der Waals surface area contributed by atoms with Gasteiger partial charge in [-0.1, -0.05) is 34.2 Å². The quantitative estimate of drug-likeness (QED) is 0.566. The lowest BCUT2D eigenvalue weighted by atomic mass is 10.4. The predicted octanol–water partition coefficient (Wildman–Crippen LogP) is 2.06. The highest BCUT2D eigenvalue weighted by molar-refractivity contribution is 14.1. The van der Waals surface area contributed by atoms with Crippen molar-refractivity contribution in [2.75, 3.05) is 0 Å². The van der Waals surface area contributed by atoms with Gasteiger partial charge in [0.05, 0.1) is 5.69 Å². The highest BCUT2D eigenvalue weighted by Gasteiger charge is 1.90. The van der Waals surface area contributed by atoms with E-state index in [0.29, 0.717) is 5.15 Å². The zero-order chi connectivity index (χ0) is 6.69. The molecule has 0 unspecified atom stereocenters. The second-order valence-corrected chi connectivity index (χ2v) is 2.63. The zero-order valence-corrected chi connectivity index (χ0v) is 7.43. The largest absolute Gasteiger partial charge is 0.153 e. The van der Waals surface area contributed by atoms with Gasteiger partial charge in [-0.05, 0) is 12.1 Å². The van der Waals surface area contributed by atoms with Crippen molar-refractivity contribution in [2.24, 2.45) is 0 Å². The van der Waals surface area contributed by atoms with Crippen LogP contribution in [-0.4, -0.2) is 10.2 Å². The van der Waals surface area contributed by atoms with Gasteiger partial charge in [0, 0.05) is 4.43 Å². The molecule has 9 heavy (non-hydrogen) atoms. The van der Waals surface area contributed by atoms with Crippen LogP contribution in [0.3, 0.4) is 0 Å². The Morgan fingerprint density at radius 2 is 2.22 bits per heavy atom. The summed E-state index contributed by atoms with van der Waals surface area (Å²) in [5.74, 6) is 0. The Bertz CT molecular complexity index is 187. The Morgan fingerprint density at radius 1 is 1.44 bits per heavy atom. The second-order valence-electron chi connectivity index (χ2n) is 1.48. The Hall–Kier alpha value is 0.1000. The van der Waals surface area contributed by atoms with E-state index >= 15 is 0 Å². The highest BCUT2D eigenvalue weighted by atomic mass is 127. The molecule has 1 aromatic rings. The smallest absolute Gasteiger partial charge is 0.151 e. The van der Waals surface area contributed by atoms with Crippen molar-refractivity contribution in [1.29, 1.82) is 0 Å². The van der Waals surface area contributed by atoms with Crippen LogP contribution in [0.4, 0.5) is 0 Å². The average molecular weight is 254 g/mol.